The first-order valence-corrected chi connectivity index (χ1v) is 13.4. The van der Waals surface area contributed by atoms with Crippen molar-refractivity contribution in [3.63, 3.8) is 0 Å². The highest BCUT2D eigenvalue weighted by molar-refractivity contribution is 7.14. The van der Waals surface area contributed by atoms with Crippen LogP contribution in [0.3, 0.4) is 0 Å². The van der Waals surface area contributed by atoms with Crippen molar-refractivity contribution in [3.8, 4) is 16.3 Å². The number of nitrogens with zero attached hydrogens (tertiary/aromatic N) is 5. The van der Waals surface area contributed by atoms with E-state index in [2.05, 4.69) is 10.2 Å². The predicted octanol–water partition coefficient (Wildman–Crippen LogP) is 3.39. The summed E-state index contributed by atoms with van der Waals surface area (Å²) in [5.74, 6) is -1.73. The Morgan fingerprint density at radius 3 is 2.42 bits per heavy atom. The molecule has 5 rings (SSSR count). The molecule has 0 unspecified atom stereocenters. The average molecular weight is 540 g/mol. The van der Waals surface area contributed by atoms with E-state index in [1.165, 1.54) is 34.2 Å². The molecule has 0 bridgehead atoms. The number of likely N-dealkylation sites (tertiary alicyclic amines) is 1. The zero-order valence-corrected chi connectivity index (χ0v) is 22.6. The Labute approximate surface area is 223 Å². The molecule has 38 heavy (non-hydrogen) atoms. The highest BCUT2D eigenvalue weighted by Gasteiger charge is 2.50. The second kappa shape index (κ2) is 9.30. The van der Waals surface area contributed by atoms with Crippen molar-refractivity contribution in [3.05, 3.63) is 62.8 Å². The minimum Gasteiger partial charge on any atom is -0.503 e. The zero-order chi connectivity index (χ0) is 27.4. The summed E-state index contributed by atoms with van der Waals surface area (Å²) in [5.41, 5.74) is -1.96. The van der Waals surface area contributed by atoms with E-state index in [0.717, 1.165) is 18.4 Å². The van der Waals surface area contributed by atoms with Gasteiger partial charge in [0.15, 0.2) is 16.5 Å². The van der Waals surface area contributed by atoms with E-state index in [4.69, 9.17) is 0 Å². The van der Waals surface area contributed by atoms with Crippen molar-refractivity contribution in [1.29, 1.82) is 0 Å². The molecule has 2 aromatic heterocycles. The summed E-state index contributed by atoms with van der Waals surface area (Å²) in [4.78, 5) is 44.1. The summed E-state index contributed by atoms with van der Waals surface area (Å²) >= 11 is 1.17. The Balaban J connectivity index is 1.62. The monoisotopic (exact) mass is 539 g/mol. The number of pyridine rings is 1. The van der Waals surface area contributed by atoms with Gasteiger partial charge < -0.3 is 19.5 Å². The number of hydrogen-bond donors (Lipinski definition) is 1. The third kappa shape index (κ3) is 4.38. The lowest BCUT2D eigenvalue weighted by molar-refractivity contribution is -0.141. The molecule has 0 aliphatic carbocycles. The lowest BCUT2D eigenvalue weighted by atomic mass is 9.90. The summed E-state index contributed by atoms with van der Waals surface area (Å²) in [6, 6.07) is 6.03. The third-order valence-electron chi connectivity index (χ3n) is 7.26. The molecule has 1 aromatic carbocycles. The first-order chi connectivity index (χ1) is 17.9. The van der Waals surface area contributed by atoms with Crippen molar-refractivity contribution >= 4 is 23.2 Å². The number of aromatic nitrogens is 3. The van der Waals surface area contributed by atoms with Crippen molar-refractivity contribution in [1.82, 2.24) is 24.6 Å². The van der Waals surface area contributed by atoms with Gasteiger partial charge in [0.1, 0.15) is 16.4 Å². The highest BCUT2D eigenvalue weighted by atomic mass is 32.1. The van der Waals surface area contributed by atoms with Gasteiger partial charge in [-0.25, -0.2) is 4.39 Å². The maximum atomic E-state index is 13.9. The molecular formula is C27H30FN5O4S. The first-order valence-electron chi connectivity index (χ1n) is 12.6. The van der Waals surface area contributed by atoms with Crippen molar-refractivity contribution in [2.45, 2.75) is 58.0 Å². The lowest BCUT2D eigenvalue weighted by Crippen LogP contribution is -2.63. The highest BCUT2D eigenvalue weighted by Crippen LogP contribution is 2.37. The standard InChI is InChI=1S/C27H30FN5O4S/c1-26(2,3)33-15-27(4,25(37)31-11-5-6-12-31)32-14-18(21(34)22(35)20(32)24(33)36)23-30-29-19(38-23)13-16-7-9-17(28)10-8-16/h7-10,14,35H,5-6,11-13,15H2,1-4H3/t27-/m1/s1. The summed E-state index contributed by atoms with van der Waals surface area (Å²) in [6.45, 7) is 8.64. The SMILES string of the molecule is CC(C)(C)N1C[C@](C)(C(=O)N2CCCC2)n2cc(-c3nnc(Cc4ccc(F)cc4)s3)c(=O)c(O)c2C1=O. The number of carbonyl (C=O) groups excluding carboxylic acids is 2. The number of aromatic hydroxyl groups is 1. The van der Waals surface area contributed by atoms with E-state index < -0.39 is 28.2 Å². The largest absolute Gasteiger partial charge is 0.503 e. The van der Waals surface area contributed by atoms with Gasteiger partial charge >= 0.3 is 0 Å². The van der Waals surface area contributed by atoms with Gasteiger partial charge in [-0.2, -0.15) is 0 Å². The number of carbonyl (C=O) groups is 2. The van der Waals surface area contributed by atoms with Crippen LogP contribution in [-0.4, -0.2) is 66.7 Å². The molecule has 1 N–H and O–H groups in total. The number of halogens is 1. The summed E-state index contributed by atoms with van der Waals surface area (Å²) in [7, 11) is 0. The predicted molar refractivity (Wildman–Crippen MR) is 141 cm³/mol. The van der Waals surface area contributed by atoms with Gasteiger partial charge in [-0.1, -0.05) is 23.5 Å². The van der Waals surface area contributed by atoms with Crippen LogP contribution in [0.5, 0.6) is 5.75 Å². The molecule has 1 saturated heterocycles. The second-order valence-corrected chi connectivity index (χ2v) is 12.1. The van der Waals surface area contributed by atoms with Crippen molar-refractivity contribution < 1.29 is 19.1 Å². The normalized spacial score (nSPS) is 19.7. The van der Waals surface area contributed by atoms with E-state index in [-0.39, 0.29) is 34.5 Å². The fourth-order valence-electron chi connectivity index (χ4n) is 5.12. The van der Waals surface area contributed by atoms with Crippen LogP contribution >= 0.6 is 11.3 Å². The minimum absolute atomic E-state index is 0.0616. The molecule has 2 amide bonds. The van der Waals surface area contributed by atoms with Gasteiger partial charge in [0.25, 0.3) is 5.91 Å². The lowest BCUT2D eigenvalue weighted by Gasteiger charge is -2.48. The number of amides is 2. The molecule has 200 valence electrons. The van der Waals surface area contributed by atoms with Crippen molar-refractivity contribution in [2.75, 3.05) is 19.6 Å². The van der Waals surface area contributed by atoms with Crippen molar-refractivity contribution in [2.24, 2.45) is 0 Å². The minimum atomic E-state index is -1.25. The van der Waals surface area contributed by atoms with Crippen LogP contribution in [0.2, 0.25) is 0 Å². The van der Waals surface area contributed by atoms with E-state index in [9.17, 15) is 23.9 Å². The Morgan fingerprint density at radius 2 is 1.79 bits per heavy atom. The van der Waals surface area contributed by atoms with Gasteiger partial charge in [0.2, 0.25) is 11.3 Å². The smallest absolute Gasteiger partial charge is 0.275 e. The maximum Gasteiger partial charge on any atom is 0.275 e. The van der Waals surface area contributed by atoms with Gasteiger partial charge in [0.05, 0.1) is 12.1 Å². The molecule has 0 saturated carbocycles. The quantitative estimate of drug-likeness (QED) is 0.545. The average Bonchev–Trinajstić information content (AvgIpc) is 3.56. The first kappa shape index (κ1) is 26.0. The van der Waals surface area contributed by atoms with Gasteiger partial charge in [-0.3, -0.25) is 14.4 Å². The number of benzene rings is 1. The van der Waals surface area contributed by atoms with Crippen LogP contribution in [0.15, 0.2) is 35.3 Å². The van der Waals surface area contributed by atoms with Crippen LogP contribution < -0.4 is 5.43 Å². The Bertz CT molecular complexity index is 1470. The van der Waals surface area contributed by atoms with Crippen LogP contribution in [0.4, 0.5) is 4.39 Å². The number of hydrogen-bond acceptors (Lipinski definition) is 7. The summed E-state index contributed by atoms with van der Waals surface area (Å²) in [6.07, 6.45) is 3.66. The molecule has 2 aliphatic rings. The van der Waals surface area contributed by atoms with Gasteiger partial charge in [-0.05, 0) is 58.2 Å². The molecule has 3 aromatic rings. The molecule has 4 heterocycles. The molecular weight excluding hydrogens is 509 g/mol. The van der Waals surface area contributed by atoms with Crippen LogP contribution in [-0.2, 0) is 16.8 Å². The summed E-state index contributed by atoms with van der Waals surface area (Å²) < 4.78 is 14.7. The third-order valence-corrected chi connectivity index (χ3v) is 8.21. The fraction of sp³-hybridized carbons (Fsp3) is 0.444. The molecule has 0 radical (unpaired) electrons. The number of rotatable bonds is 4. The van der Waals surface area contributed by atoms with Gasteiger partial charge in [-0.15, -0.1) is 10.2 Å². The molecule has 1 atom stereocenters. The molecule has 11 heteroatoms. The Morgan fingerprint density at radius 1 is 1.13 bits per heavy atom. The second-order valence-electron chi connectivity index (χ2n) is 11.1. The number of fused-ring (bicyclic) bond motifs is 1. The fourth-order valence-corrected chi connectivity index (χ4v) is 6.00. The topological polar surface area (TPSA) is 109 Å². The molecule has 0 spiro atoms. The van der Waals surface area contributed by atoms with Crippen LogP contribution in [0, 0.1) is 5.82 Å². The molecule has 9 nitrogen and oxygen atoms in total. The summed E-state index contributed by atoms with van der Waals surface area (Å²) in [5, 5.41) is 20.3. The van der Waals surface area contributed by atoms with E-state index >= 15 is 0 Å². The van der Waals surface area contributed by atoms with E-state index in [1.807, 2.05) is 20.8 Å². The van der Waals surface area contributed by atoms with Gasteiger partial charge in [0, 0.05) is 31.2 Å². The Hall–Kier alpha value is -3.60. The maximum absolute atomic E-state index is 13.9. The van der Waals surface area contributed by atoms with E-state index in [0.29, 0.717) is 24.5 Å². The van der Waals surface area contributed by atoms with Crippen LogP contribution in [0.1, 0.15) is 61.6 Å². The molecule has 1 fully saturated rings. The van der Waals surface area contributed by atoms with Crippen LogP contribution in [0.25, 0.3) is 10.6 Å². The zero-order valence-electron chi connectivity index (χ0n) is 21.8. The Kier molecular flexibility index (Phi) is 6.37. The molecule has 2 aliphatic heterocycles. The van der Waals surface area contributed by atoms with E-state index in [1.54, 1.807) is 28.9 Å².